The Morgan fingerprint density at radius 3 is 2.65 bits per heavy atom. The summed E-state index contributed by atoms with van der Waals surface area (Å²) in [7, 11) is 2.05. The zero-order valence-electron chi connectivity index (χ0n) is 14.0. The van der Waals surface area contributed by atoms with Gasteiger partial charge in [-0.2, -0.15) is 0 Å². The van der Waals surface area contributed by atoms with Gasteiger partial charge < -0.3 is 10.6 Å². The number of hydrogen-bond acceptors (Lipinski definition) is 4. The first-order chi connectivity index (χ1) is 11.1. The third kappa shape index (κ3) is 3.89. The molecule has 1 aromatic carbocycles. The van der Waals surface area contributed by atoms with Gasteiger partial charge in [0.1, 0.15) is 5.82 Å². The van der Waals surface area contributed by atoms with Crippen LogP contribution in [0.25, 0.3) is 0 Å². The Labute approximate surface area is 138 Å². The molecule has 2 N–H and O–H groups in total. The van der Waals surface area contributed by atoms with Crippen LogP contribution < -0.4 is 10.6 Å². The van der Waals surface area contributed by atoms with Crippen molar-refractivity contribution in [3.8, 4) is 0 Å². The third-order valence-electron chi connectivity index (χ3n) is 4.76. The molecule has 0 spiro atoms. The van der Waals surface area contributed by atoms with Crippen molar-refractivity contribution in [2.45, 2.75) is 25.9 Å². The molecule has 1 aromatic heterocycles. The van der Waals surface area contributed by atoms with Crippen LogP contribution in [0.5, 0.6) is 0 Å². The summed E-state index contributed by atoms with van der Waals surface area (Å²) < 4.78 is 0. The zero-order chi connectivity index (χ0) is 16.2. The number of rotatable bonds is 4. The molecular weight excluding hydrogens is 284 g/mol. The number of anilines is 2. The molecule has 1 fully saturated rings. The average Bonchev–Trinajstić information content (AvgIpc) is 2.59. The summed E-state index contributed by atoms with van der Waals surface area (Å²) >= 11 is 0. The maximum Gasteiger partial charge on any atom is 0.132 e. The highest BCUT2D eigenvalue weighted by Gasteiger charge is 2.22. The predicted molar refractivity (Wildman–Crippen MR) is 95.8 cm³/mol. The molecule has 0 amide bonds. The van der Waals surface area contributed by atoms with Gasteiger partial charge in [0, 0.05) is 38.1 Å². The first-order valence-electron chi connectivity index (χ1n) is 8.35. The monoisotopic (exact) mass is 310 g/mol. The lowest BCUT2D eigenvalue weighted by Crippen LogP contribution is -2.45. The molecule has 122 valence electrons. The Bertz CT molecular complexity index is 611. The first kappa shape index (κ1) is 16.0. The molecule has 2 atom stereocenters. The molecule has 4 heteroatoms. The van der Waals surface area contributed by atoms with E-state index in [2.05, 4.69) is 46.0 Å². The van der Waals surface area contributed by atoms with E-state index in [0.29, 0.717) is 12.0 Å². The number of nitrogens with two attached hydrogens (primary N) is 1. The summed E-state index contributed by atoms with van der Waals surface area (Å²) in [4.78, 5) is 9.21. The van der Waals surface area contributed by atoms with E-state index in [1.165, 1.54) is 5.56 Å². The lowest BCUT2D eigenvalue weighted by Gasteiger charge is -2.35. The van der Waals surface area contributed by atoms with Gasteiger partial charge in [0.2, 0.25) is 0 Å². The first-order valence-corrected chi connectivity index (χ1v) is 8.35. The standard InChI is InChI=1S/C19H26N4/c1-15-13-23(11-10-18(15)20)14-16-8-9-19(21-12-16)22(2)17-6-4-3-5-7-17/h3-9,12,15,18H,10-11,13-14,20H2,1-2H3. The van der Waals surface area contributed by atoms with Crippen LogP contribution in [-0.4, -0.2) is 36.1 Å². The van der Waals surface area contributed by atoms with E-state index in [1.807, 2.05) is 31.4 Å². The van der Waals surface area contributed by atoms with Crippen LogP contribution in [0.1, 0.15) is 18.9 Å². The van der Waals surface area contributed by atoms with E-state index >= 15 is 0 Å². The van der Waals surface area contributed by atoms with Crippen molar-refractivity contribution in [2.24, 2.45) is 11.7 Å². The topological polar surface area (TPSA) is 45.4 Å². The van der Waals surface area contributed by atoms with E-state index < -0.39 is 0 Å². The number of piperidine rings is 1. The second-order valence-corrected chi connectivity index (χ2v) is 6.58. The van der Waals surface area contributed by atoms with Crippen molar-refractivity contribution in [2.75, 3.05) is 25.0 Å². The molecule has 2 heterocycles. The van der Waals surface area contributed by atoms with E-state index in [4.69, 9.17) is 5.73 Å². The van der Waals surface area contributed by atoms with Crippen LogP contribution in [0, 0.1) is 5.92 Å². The van der Waals surface area contributed by atoms with Crippen LogP contribution in [0.4, 0.5) is 11.5 Å². The molecular formula is C19H26N4. The lowest BCUT2D eigenvalue weighted by molar-refractivity contribution is 0.157. The minimum Gasteiger partial charge on any atom is -0.329 e. The molecule has 2 aromatic rings. The van der Waals surface area contributed by atoms with Crippen molar-refractivity contribution in [3.05, 3.63) is 54.2 Å². The molecule has 0 saturated carbocycles. The van der Waals surface area contributed by atoms with Crippen LogP contribution >= 0.6 is 0 Å². The number of pyridine rings is 1. The van der Waals surface area contributed by atoms with Crippen LogP contribution in [0.2, 0.25) is 0 Å². The van der Waals surface area contributed by atoms with Crippen LogP contribution in [0.3, 0.4) is 0 Å². The second kappa shape index (κ2) is 7.11. The summed E-state index contributed by atoms with van der Waals surface area (Å²) in [5, 5.41) is 0. The average molecular weight is 310 g/mol. The van der Waals surface area contributed by atoms with Gasteiger partial charge in [-0.1, -0.05) is 31.2 Å². The number of nitrogens with zero attached hydrogens (tertiary/aromatic N) is 3. The quantitative estimate of drug-likeness (QED) is 0.943. The summed E-state index contributed by atoms with van der Waals surface area (Å²) in [6.07, 6.45) is 3.08. The van der Waals surface area contributed by atoms with Gasteiger partial charge in [-0.25, -0.2) is 4.98 Å². The number of hydrogen-bond donors (Lipinski definition) is 1. The normalized spacial score (nSPS) is 22.0. The number of aromatic nitrogens is 1. The minimum absolute atomic E-state index is 0.353. The van der Waals surface area contributed by atoms with E-state index in [-0.39, 0.29) is 0 Å². The second-order valence-electron chi connectivity index (χ2n) is 6.58. The van der Waals surface area contributed by atoms with Crippen molar-refractivity contribution in [1.82, 2.24) is 9.88 Å². The molecule has 1 aliphatic heterocycles. The third-order valence-corrected chi connectivity index (χ3v) is 4.76. The smallest absolute Gasteiger partial charge is 0.132 e. The Hall–Kier alpha value is -1.91. The van der Waals surface area contributed by atoms with Gasteiger partial charge in [-0.05, 0) is 42.6 Å². The Morgan fingerprint density at radius 1 is 1.22 bits per heavy atom. The van der Waals surface area contributed by atoms with Gasteiger partial charge >= 0.3 is 0 Å². The molecule has 1 aliphatic rings. The maximum atomic E-state index is 6.10. The van der Waals surface area contributed by atoms with Crippen LogP contribution in [0.15, 0.2) is 48.7 Å². The predicted octanol–water partition coefficient (Wildman–Crippen LogP) is 3.02. The summed E-state index contributed by atoms with van der Waals surface area (Å²) in [5.41, 5.74) is 8.50. The highest BCUT2D eigenvalue weighted by atomic mass is 15.2. The summed E-state index contributed by atoms with van der Waals surface area (Å²) in [6.45, 7) is 5.36. The molecule has 2 unspecified atom stereocenters. The van der Waals surface area contributed by atoms with E-state index in [9.17, 15) is 0 Å². The molecule has 23 heavy (non-hydrogen) atoms. The Kier molecular flexibility index (Phi) is 4.94. The Balaban J connectivity index is 1.63. The maximum absolute atomic E-state index is 6.10. The van der Waals surface area contributed by atoms with Gasteiger partial charge in [0.05, 0.1) is 0 Å². The lowest BCUT2D eigenvalue weighted by atomic mass is 9.94. The van der Waals surface area contributed by atoms with Gasteiger partial charge in [-0.3, -0.25) is 4.90 Å². The fourth-order valence-electron chi connectivity index (χ4n) is 3.14. The Morgan fingerprint density at radius 2 is 2.00 bits per heavy atom. The zero-order valence-corrected chi connectivity index (χ0v) is 14.0. The highest BCUT2D eigenvalue weighted by Crippen LogP contribution is 2.22. The minimum atomic E-state index is 0.353. The van der Waals surface area contributed by atoms with Gasteiger partial charge in [0.25, 0.3) is 0 Å². The highest BCUT2D eigenvalue weighted by molar-refractivity contribution is 5.58. The molecule has 0 bridgehead atoms. The summed E-state index contributed by atoms with van der Waals surface area (Å²) in [6, 6.07) is 14.9. The van der Waals surface area contributed by atoms with Crippen molar-refractivity contribution in [1.29, 1.82) is 0 Å². The number of likely N-dealkylation sites (tertiary alicyclic amines) is 1. The summed E-state index contributed by atoms with van der Waals surface area (Å²) in [5.74, 6) is 1.54. The molecule has 1 saturated heterocycles. The van der Waals surface area contributed by atoms with Crippen molar-refractivity contribution < 1.29 is 0 Å². The van der Waals surface area contributed by atoms with Crippen LogP contribution in [-0.2, 0) is 6.54 Å². The molecule has 4 nitrogen and oxygen atoms in total. The largest absolute Gasteiger partial charge is 0.329 e. The number of para-hydroxylation sites is 1. The van der Waals surface area contributed by atoms with Crippen molar-refractivity contribution >= 4 is 11.5 Å². The fourth-order valence-corrected chi connectivity index (χ4v) is 3.14. The van der Waals surface area contributed by atoms with E-state index in [0.717, 1.165) is 37.6 Å². The van der Waals surface area contributed by atoms with Gasteiger partial charge in [-0.15, -0.1) is 0 Å². The molecule has 3 rings (SSSR count). The SMILES string of the molecule is CC1CN(Cc2ccc(N(C)c3ccccc3)nc2)CCC1N. The number of benzene rings is 1. The van der Waals surface area contributed by atoms with Crippen molar-refractivity contribution in [3.63, 3.8) is 0 Å². The fraction of sp³-hybridized carbons (Fsp3) is 0.421. The van der Waals surface area contributed by atoms with E-state index in [1.54, 1.807) is 0 Å². The molecule has 0 aliphatic carbocycles. The molecule has 0 radical (unpaired) electrons. The van der Waals surface area contributed by atoms with Gasteiger partial charge in [0.15, 0.2) is 0 Å².